The zero-order valence-electron chi connectivity index (χ0n) is 14.2. The van der Waals surface area contributed by atoms with Crippen molar-refractivity contribution in [1.29, 1.82) is 0 Å². The van der Waals surface area contributed by atoms with E-state index in [2.05, 4.69) is 26.1 Å². The Bertz CT molecular complexity index is 830. The summed E-state index contributed by atoms with van der Waals surface area (Å²) in [6.45, 7) is 6.24. The Labute approximate surface area is 142 Å². The van der Waals surface area contributed by atoms with Gasteiger partial charge in [-0.25, -0.2) is 0 Å². The van der Waals surface area contributed by atoms with Crippen LogP contribution in [0.2, 0.25) is 0 Å². The van der Waals surface area contributed by atoms with Crippen molar-refractivity contribution in [3.63, 3.8) is 0 Å². The molecule has 0 unspecified atom stereocenters. The molecule has 0 saturated carbocycles. The summed E-state index contributed by atoms with van der Waals surface area (Å²) < 4.78 is 1.88. The number of benzene rings is 2. The molecule has 3 aromatic rings. The molecule has 0 aliphatic rings. The number of carbonyl (C=O) groups is 1. The van der Waals surface area contributed by atoms with E-state index in [9.17, 15) is 4.79 Å². The molecular weight excluding hydrogens is 298 g/mol. The number of nitrogens with one attached hydrogen (secondary N) is 1. The van der Waals surface area contributed by atoms with Crippen LogP contribution in [0.25, 0.3) is 11.3 Å². The topological polar surface area (TPSA) is 46.9 Å². The average Bonchev–Trinajstić information content (AvgIpc) is 3.00. The molecule has 24 heavy (non-hydrogen) atoms. The van der Waals surface area contributed by atoms with Gasteiger partial charge in [0, 0.05) is 17.3 Å². The van der Waals surface area contributed by atoms with E-state index in [-0.39, 0.29) is 11.4 Å². The van der Waals surface area contributed by atoms with Crippen molar-refractivity contribution in [2.24, 2.45) is 0 Å². The van der Waals surface area contributed by atoms with E-state index < -0.39 is 0 Å². The fourth-order valence-electron chi connectivity index (χ4n) is 2.40. The van der Waals surface area contributed by atoms with E-state index in [0.717, 1.165) is 11.3 Å². The van der Waals surface area contributed by atoms with Crippen LogP contribution in [0.4, 0.5) is 5.69 Å². The van der Waals surface area contributed by atoms with Crippen LogP contribution in [-0.4, -0.2) is 15.7 Å². The predicted molar refractivity (Wildman–Crippen MR) is 97.1 cm³/mol. The Morgan fingerprint density at radius 2 is 1.54 bits per heavy atom. The third-order valence-corrected chi connectivity index (χ3v) is 3.73. The van der Waals surface area contributed by atoms with Crippen LogP contribution in [0, 0.1) is 0 Å². The SMILES string of the molecule is CC(C)(C)n1cc(NC(=O)c2ccccc2)c(-c2ccccc2)n1. The first-order chi connectivity index (χ1) is 11.4. The van der Waals surface area contributed by atoms with Gasteiger partial charge in [0.15, 0.2) is 0 Å². The molecule has 0 fully saturated rings. The molecular formula is C20H21N3O. The molecule has 1 heterocycles. The summed E-state index contributed by atoms with van der Waals surface area (Å²) in [5, 5.41) is 7.70. The summed E-state index contributed by atoms with van der Waals surface area (Å²) >= 11 is 0. The lowest BCUT2D eigenvalue weighted by Crippen LogP contribution is -2.22. The van der Waals surface area contributed by atoms with Crippen LogP contribution in [0.5, 0.6) is 0 Å². The highest BCUT2D eigenvalue weighted by Gasteiger charge is 2.20. The minimum atomic E-state index is -0.167. The van der Waals surface area contributed by atoms with Crippen LogP contribution in [0.3, 0.4) is 0 Å². The van der Waals surface area contributed by atoms with Crippen LogP contribution < -0.4 is 5.32 Å². The van der Waals surface area contributed by atoms with Gasteiger partial charge in [-0.1, -0.05) is 48.5 Å². The Balaban J connectivity index is 2.00. The summed E-state index contributed by atoms with van der Waals surface area (Å²) in [7, 11) is 0. The fourth-order valence-corrected chi connectivity index (χ4v) is 2.40. The normalized spacial score (nSPS) is 11.3. The lowest BCUT2D eigenvalue weighted by molar-refractivity contribution is 0.102. The van der Waals surface area contributed by atoms with Gasteiger partial charge < -0.3 is 5.32 Å². The van der Waals surface area contributed by atoms with E-state index in [0.29, 0.717) is 11.3 Å². The summed E-state index contributed by atoms with van der Waals surface area (Å²) in [5.74, 6) is -0.138. The van der Waals surface area contributed by atoms with Crippen LogP contribution in [0.1, 0.15) is 31.1 Å². The molecule has 4 heteroatoms. The van der Waals surface area contributed by atoms with Crippen molar-refractivity contribution in [3.05, 3.63) is 72.4 Å². The van der Waals surface area contributed by atoms with Crippen molar-refractivity contribution < 1.29 is 4.79 Å². The summed E-state index contributed by atoms with van der Waals surface area (Å²) in [4.78, 5) is 12.5. The molecule has 0 aliphatic carbocycles. The largest absolute Gasteiger partial charge is 0.319 e. The molecule has 1 N–H and O–H groups in total. The Kier molecular flexibility index (Phi) is 4.21. The molecule has 1 amide bonds. The van der Waals surface area contributed by atoms with Crippen molar-refractivity contribution in [1.82, 2.24) is 9.78 Å². The lowest BCUT2D eigenvalue weighted by Gasteiger charge is -2.18. The van der Waals surface area contributed by atoms with Gasteiger partial charge in [-0.15, -0.1) is 0 Å². The third-order valence-electron chi connectivity index (χ3n) is 3.73. The molecule has 122 valence electrons. The minimum Gasteiger partial charge on any atom is -0.319 e. The summed E-state index contributed by atoms with van der Waals surface area (Å²) in [6.07, 6.45) is 1.89. The summed E-state index contributed by atoms with van der Waals surface area (Å²) in [5.41, 5.74) is 2.92. The molecule has 2 aromatic carbocycles. The van der Waals surface area contributed by atoms with E-state index in [4.69, 9.17) is 5.10 Å². The summed E-state index contributed by atoms with van der Waals surface area (Å²) in [6, 6.07) is 19.1. The highest BCUT2D eigenvalue weighted by Crippen LogP contribution is 2.29. The zero-order chi connectivity index (χ0) is 17.2. The van der Waals surface area contributed by atoms with Gasteiger partial charge in [-0.2, -0.15) is 5.10 Å². The van der Waals surface area contributed by atoms with Crippen molar-refractivity contribution in [3.8, 4) is 11.3 Å². The van der Waals surface area contributed by atoms with E-state index in [1.165, 1.54) is 0 Å². The van der Waals surface area contributed by atoms with Gasteiger partial charge in [0.05, 0.1) is 11.2 Å². The van der Waals surface area contributed by atoms with Crippen molar-refractivity contribution >= 4 is 11.6 Å². The number of anilines is 1. The molecule has 0 spiro atoms. The van der Waals surface area contributed by atoms with Gasteiger partial charge in [0.1, 0.15) is 5.69 Å². The Morgan fingerprint density at radius 1 is 0.958 bits per heavy atom. The Morgan fingerprint density at radius 3 is 2.12 bits per heavy atom. The van der Waals surface area contributed by atoms with Crippen molar-refractivity contribution in [2.45, 2.75) is 26.3 Å². The minimum absolute atomic E-state index is 0.138. The Hall–Kier alpha value is -2.88. The van der Waals surface area contributed by atoms with Gasteiger partial charge in [-0.3, -0.25) is 9.48 Å². The van der Waals surface area contributed by atoms with E-state index >= 15 is 0 Å². The number of aromatic nitrogens is 2. The van der Waals surface area contributed by atoms with E-state index in [1.807, 2.05) is 59.4 Å². The predicted octanol–water partition coefficient (Wildman–Crippen LogP) is 4.56. The molecule has 0 saturated heterocycles. The first-order valence-electron chi connectivity index (χ1n) is 7.97. The number of amides is 1. The number of rotatable bonds is 3. The third kappa shape index (κ3) is 3.38. The fraction of sp³-hybridized carbons (Fsp3) is 0.200. The van der Waals surface area contributed by atoms with Crippen LogP contribution in [0.15, 0.2) is 66.9 Å². The molecule has 4 nitrogen and oxygen atoms in total. The molecule has 1 aromatic heterocycles. The van der Waals surface area contributed by atoms with Gasteiger partial charge in [0.2, 0.25) is 0 Å². The number of nitrogens with zero attached hydrogens (tertiary/aromatic N) is 2. The second kappa shape index (κ2) is 6.32. The quantitative estimate of drug-likeness (QED) is 0.769. The number of hydrogen-bond acceptors (Lipinski definition) is 2. The molecule has 0 bridgehead atoms. The number of carbonyl (C=O) groups excluding carboxylic acids is 1. The maximum absolute atomic E-state index is 12.5. The van der Waals surface area contributed by atoms with Gasteiger partial charge >= 0.3 is 0 Å². The molecule has 3 rings (SSSR count). The van der Waals surface area contributed by atoms with Crippen molar-refractivity contribution in [2.75, 3.05) is 5.32 Å². The smallest absolute Gasteiger partial charge is 0.255 e. The maximum atomic E-state index is 12.5. The van der Waals surface area contributed by atoms with E-state index in [1.54, 1.807) is 12.1 Å². The zero-order valence-corrected chi connectivity index (χ0v) is 14.2. The molecule has 0 radical (unpaired) electrons. The molecule has 0 atom stereocenters. The lowest BCUT2D eigenvalue weighted by atomic mass is 10.1. The van der Waals surface area contributed by atoms with Gasteiger partial charge in [0.25, 0.3) is 5.91 Å². The highest BCUT2D eigenvalue weighted by molar-refractivity contribution is 6.05. The maximum Gasteiger partial charge on any atom is 0.255 e. The standard InChI is InChI=1S/C20H21N3O/c1-20(2,3)23-14-17(18(22-23)15-10-6-4-7-11-15)21-19(24)16-12-8-5-9-13-16/h4-14H,1-3H3,(H,21,24). The van der Waals surface area contributed by atoms with Crippen LogP contribution in [-0.2, 0) is 5.54 Å². The van der Waals surface area contributed by atoms with Crippen LogP contribution >= 0.6 is 0 Å². The monoisotopic (exact) mass is 319 g/mol. The molecule has 0 aliphatic heterocycles. The second-order valence-corrected chi connectivity index (χ2v) is 6.69. The highest BCUT2D eigenvalue weighted by atomic mass is 16.1. The first-order valence-corrected chi connectivity index (χ1v) is 7.97. The first kappa shape index (κ1) is 16.0. The number of hydrogen-bond donors (Lipinski definition) is 1. The van der Waals surface area contributed by atoms with Gasteiger partial charge in [-0.05, 0) is 32.9 Å². The average molecular weight is 319 g/mol. The second-order valence-electron chi connectivity index (χ2n) is 6.69.